The molecule has 0 atom stereocenters. The Kier molecular flexibility index (Phi) is 3.18. The molecule has 6 nitrogen and oxygen atoms in total. The predicted octanol–water partition coefficient (Wildman–Crippen LogP) is 0.745. The SMILES string of the molecule is COc1ccc(Cn2cnc(O)c2C(N)=O)cc1. The van der Waals surface area contributed by atoms with Gasteiger partial charge in [-0.2, -0.15) is 0 Å². The van der Waals surface area contributed by atoms with E-state index in [-0.39, 0.29) is 11.6 Å². The van der Waals surface area contributed by atoms with Crippen LogP contribution in [0, 0.1) is 0 Å². The van der Waals surface area contributed by atoms with Crippen LogP contribution >= 0.6 is 0 Å². The van der Waals surface area contributed by atoms with E-state index in [0.717, 1.165) is 11.3 Å². The molecule has 0 unspecified atom stereocenters. The fourth-order valence-electron chi connectivity index (χ4n) is 1.67. The molecule has 1 aromatic heterocycles. The fourth-order valence-corrected chi connectivity index (χ4v) is 1.67. The van der Waals surface area contributed by atoms with E-state index in [1.165, 1.54) is 10.9 Å². The summed E-state index contributed by atoms with van der Waals surface area (Å²) in [5.74, 6) is -0.308. The molecule has 0 bridgehead atoms. The Balaban J connectivity index is 2.25. The molecule has 0 aliphatic carbocycles. The lowest BCUT2D eigenvalue weighted by Gasteiger charge is -2.06. The van der Waals surface area contributed by atoms with Gasteiger partial charge in [0.25, 0.3) is 5.91 Å². The van der Waals surface area contributed by atoms with E-state index >= 15 is 0 Å². The Bertz CT molecular complexity index is 560. The maximum Gasteiger partial charge on any atom is 0.271 e. The summed E-state index contributed by atoms with van der Waals surface area (Å²) in [7, 11) is 1.59. The Hall–Kier alpha value is -2.50. The first-order chi connectivity index (χ1) is 8.61. The van der Waals surface area contributed by atoms with Crippen LogP contribution < -0.4 is 10.5 Å². The second-order valence-corrected chi connectivity index (χ2v) is 3.76. The van der Waals surface area contributed by atoms with Gasteiger partial charge in [-0.05, 0) is 17.7 Å². The minimum absolute atomic E-state index is 0.00539. The molecule has 3 N–H and O–H groups in total. The van der Waals surface area contributed by atoms with Gasteiger partial charge in [0.15, 0.2) is 5.69 Å². The third-order valence-electron chi connectivity index (χ3n) is 2.56. The molecule has 1 heterocycles. The quantitative estimate of drug-likeness (QED) is 0.833. The highest BCUT2D eigenvalue weighted by Crippen LogP contribution is 2.17. The van der Waals surface area contributed by atoms with Crippen LogP contribution in [-0.4, -0.2) is 27.7 Å². The first-order valence-corrected chi connectivity index (χ1v) is 5.28. The number of primary amides is 1. The summed E-state index contributed by atoms with van der Waals surface area (Å²) in [6.45, 7) is 0.399. The molecule has 0 fully saturated rings. The molecule has 1 amide bonds. The number of amides is 1. The molecular weight excluding hydrogens is 234 g/mol. The van der Waals surface area contributed by atoms with Gasteiger partial charge in [-0.25, -0.2) is 4.98 Å². The number of ether oxygens (including phenoxy) is 1. The van der Waals surface area contributed by atoms with Crippen LogP contribution in [0.2, 0.25) is 0 Å². The molecule has 1 aromatic carbocycles. The third kappa shape index (κ3) is 2.27. The summed E-state index contributed by atoms with van der Waals surface area (Å²) in [5.41, 5.74) is 6.13. The summed E-state index contributed by atoms with van der Waals surface area (Å²) >= 11 is 0. The number of carbonyl (C=O) groups excluding carboxylic acids is 1. The van der Waals surface area contributed by atoms with E-state index in [4.69, 9.17) is 10.5 Å². The number of benzene rings is 1. The monoisotopic (exact) mass is 247 g/mol. The molecule has 0 aliphatic rings. The van der Waals surface area contributed by atoms with Crippen molar-refractivity contribution in [1.82, 2.24) is 9.55 Å². The van der Waals surface area contributed by atoms with Gasteiger partial charge in [0.1, 0.15) is 5.75 Å². The molecule has 18 heavy (non-hydrogen) atoms. The van der Waals surface area contributed by atoms with Crippen molar-refractivity contribution >= 4 is 5.91 Å². The van der Waals surface area contributed by atoms with Crippen LogP contribution in [0.25, 0.3) is 0 Å². The van der Waals surface area contributed by atoms with Crippen molar-refractivity contribution in [1.29, 1.82) is 0 Å². The van der Waals surface area contributed by atoms with Crippen molar-refractivity contribution in [2.24, 2.45) is 5.73 Å². The zero-order valence-electron chi connectivity index (χ0n) is 9.83. The van der Waals surface area contributed by atoms with Crippen molar-refractivity contribution < 1.29 is 14.6 Å². The Morgan fingerprint density at radius 1 is 1.44 bits per heavy atom. The highest BCUT2D eigenvalue weighted by molar-refractivity contribution is 5.93. The summed E-state index contributed by atoms with van der Waals surface area (Å²) in [5, 5.41) is 9.41. The molecule has 2 rings (SSSR count). The van der Waals surface area contributed by atoms with Gasteiger partial charge in [0.05, 0.1) is 13.4 Å². The predicted molar refractivity (Wildman–Crippen MR) is 64.5 cm³/mol. The average Bonchev–Trinajstić information content (AvgIpc) is 2.71. The molecule has 0 saturated carbocycles. The van der Waals surface area contributed by atoms with Gasteiger partial charge in [-0.15, -0.1) is 0 Å². The smallest absolute Gasteiger partial charge is 0.271 e. The van der Waals surface area contributed by atoms with Gasteiger partial charge in [-0.1, -0.05) is 12.1 Å². The van der Waals surface area contributed by atoms with Crippen LogP contribution in [0.5, 0.6) is 11.6 Å². The summed E-state index contributed by atoms with van der Waals surface area (Å²) in [6.07, 6.45) is 1.37. The van der Waals surface area contributed by atoms with Crippen molar-refractivity contribution in [2.75, 3.05) is 7.11 Å². The second kappa shape index (κ2) is 4.79. The number of hydrogen-bond donors (Lipinski definition) is 2. The third-order valence-corrected chi connectivity index (χ3v) is 2.56. The van der Waals surface area contributed by atoms with Gasteiger partial charge in [0, 0.05) is 6.54 Å². The van der Waals surface area contributed by atoms with E-state index < -0.39 is 5.91 Å². The molecule has 2 aromatic rings. The largest absolute Gasteiger partial charge is 0.497 e. The van der Waals surface area contributed by atoms with Crippen LogP contribution in [0.3, 0.4) is 0 Å². The summed E-state index contributed by atoms with van der Waals surface area (Å²) in [6, 6.07) is 7.35. The standard InChI is InChI=1S/C12H13N3O3/c1-18-9-4-2-8(3-5-9)6-15-7-14-12(17)10(15)11(13)16/h2-5,7,17H,6H2,1H3,(H2,13,16). The van der Waals surface area contributed by atoms with Crippen molar-refractivity contribution in [3.05, 3.63) is 41.9 Å². The molecule has 0 radical (unpaired) electrons. The zero-order valence-corrected chi connectivity index (χ0v) is 9.83. The van der Waals surface area contributed by atoms with E-state index in [1.54, 1.807) is 7.11 Å². The number of imidazole rings is 1. The average molecular weight is 247 g/mol. The fraction of sp³-hybridized carbons (Fsp3) is 0.167. The number of hydrogen-bond acceptors (Lipinski definition) is 4. The maximum atomic E-state index is 11.2. The highest BCUT2D eigenvalue weighted by atomic mass is 16.5. The maximum absolute atomic E-state index is 11.2. The molecule has 0 aliphatic heterocycles. The summed E-state index contributed by atoms with van der Waals surface area (Å²) in [4.78, 5) is 14.8. The van der Waals surface area contributed by atoms with Crippen molar-refractivity contribution in [3.63, 3.8) is 0 Å². The number of aromatic nitrogens is 2. The van der Waals surface area contributed by atoms with E-state index in [1.807, 2.05) is 24.3 Å². The van der Waals surface area contributed by atoms with Crippen LogP contribution in [0.4, 0.5) is 0 Å². The molecular formula is C12H13N3O3. The number of aromatic hydroxyl groups is 1. The molecule has 6 heteroatoms. The van der Waals surface area contributed by atoms with Crippen molar-refractivity contribution in [3.8, 4) is 11.6 Å². The number of methoxy groups -OCH3 is 1. The van der Waals surface area contributed by atoms with Gasteiger partial charge in [0.2, 0.25) is 5.88 Å². The summed E-state index contributed by atoms with van der Waals surface area (Å²) < 4.78 is 6.55. The number of carbonyl (C=O) groups is 1. The Labute approximate surface area is 104 Å². The minimum atomic E-state index is -0.710. The number of nitrogens with two attached hydrogens (primary N) is 1. The lowest BCUT2D eigenvalue weighted by atomic mass is 10.2. The first kappa shape index (κ1) is 12.0. The van der Waals surface area contributed by atoms with Crippen LogP contribution in [0.15, 0.2) is 30.6 Å². The van der Waals surface area contributed by atoms with Crippen LogP contribution in [-0.2, 0) is 6.54 Å². The topological polar surface area (TPSA) is 90.4 Å². The molecule has 0 saturated heterocycles. The van der Waals surface area contributed by atoms with E-state index in [9.17, 15) is 9.90 Å². The lowest BCUT2D eigenvalue weighted by molar-refractivity contribution is 0.0989. The highest BCUT2D eigenvalue weighted by Gasteiger charge is 2.15. The van der Waals surface area contributed by atoms with Crippen molar-refractivity contribution in [2.45, 2.75) is 6.54 Å². The number of nitrogens with zero attached hydrogens (tertiary/aromatic N) is 2. The molecule has 94 valence electrons. The number of rotatable bonds is 4. The van der Waals surface area contributed by atoms with Gasteiger partial charge < -0.3 is 20.1 Å². The van der Waals surface area contributed by atoms with Gasteiger partial charge >= 0.3 is 0 Å². The van der Waals surface area contributed by atoms with E-state index in [0.29, 0.717) is 6.54 Å². The first-order valence-electron chi connectivity index (χ1n) is 5.28. The normalized spacial score (nSPS) is 10.3. The van der Waals surface area contributed by atoms with E-state index in [2.05, 4.69) is 4.98 Å². The second-order valence-electron chi connectivity index (χ2n) is 3.76. The van der Waals surface area contributed by atoms with Gasteiger partial charge in [-0.3, -0.25) is 4.79 Å². The Morgan fingerprint density at radius 2 is 2.11 bits per heavy atom. The minimum Gasteiger partial charge on any atom is -0.497 e. The lowest BCUT2D eigenvalue weighted by Crippen LogP contribution is -2.17. The van der Waals surface area contributed by atoms with Crippen LogP contribution in [0.1, 0.15) is 16.1 Å². The zero-order chi connectivity index (χ0) is 13.1. The molecule has 0 spiro atoms. The Morgan fingerprint density at radius 3 is 2.67 bits per heavy atom.